The summed E-state index contributed by atoms with van der Waals surface area (Å²) >= 11 is 2.05. The first-order valence-corrected chi connectivity index (χ1v) is 8.90. The first-order valence-electron chi connectivity index (χ1n) is 7.74. The number of aryl methyl sites for hydroxylation is 1. The maximum absolute atomic E-state index is 5.55. The maximum atomic E-state index is 5.55. The Labute approximate surface area is 127 Å². The van der Waals surface area contributed by atoms with Gasteiger partial charge < -0.3 is 10.1 Å². The van der Waals surface area contributed by atoms with Crippen molar-refractivity contribution in [3.05, 3.63) is 35.4 Å². The largest absolute Gasteiger partial charge is 0.381 e. The minimum Gasteiger partial charge on any atom is -0.381 e. The zero-order valence-electron chi connectivity index (χ0n) is 12.7. The summed E-state index contributed by atoms with van der Waals surface area (Å²) in [4.78, 5) is 0. The van der Waals surface area contributed by atoms with Crippen LogP contribution in [-0.4, -0.2) is 31.6 Å². The highest BCUT2D eigenvalue weighted by molar-refractivity contribution is 7.98. The minimum atomic E-state index is 0.603. The van der Waals surface area contributed by atoms with E-state index in [0.29, 0.717) is 12.0 Å². The van der Waals surface area contributed by atoms with Crippen molar-refractivity contribution < 1.29 is 4.74 Å². The highest BCUT2D eigenvalue weighted by Gasteiger charge is 2.25. The topological polar surface area (TPSA) is 21.3 Å². The molecule has 0 radical (unpaired) electrons. The van der Waals surface area contributed by atoms with Crippen molar-refractivity contribution in [2.45, 2.75) is 38.5 Å². The summed E-state index contributed by atoms with van der Waals surface area (Å²) < 4.78 is 5.55. The lowest BCUT2D eigenvalue weighted by molar-refractivity contribution is 0.179. The molecule has 1 aliphatic rings. The van der Waals surface area contributed by atoms with Crippen molar-refractivity contribution in [1.82, 2.24) is 5.32 Å². The molecule has 2 nitrogen and oxygen atoms in total. The van der Waals surface area contributed by atoms with E-state index >= 15 is 0 Å². The van der Waals surface area contributed by atoms with Crippen LogP contribution < -0.4 is 5.32 Å². The molecule has 1 aromatic rings. The van der Waals surface area contributed by atoms with Gasteiger partial charge in [-0.25, -0.2) is 0 Å². The average Bonchev–Trinajstić information content (AvgIpc) is 2.98. The van der Waals surface area contributed by atoms with Gasteiger partial charge in [-0.2, -0.15) is 11.8 Å². The highest BCUT2D eigenvalue weighted by atomic mass is 32.2. The third-order valence-electron chi connectivity index (χ3n) is 4.01. The lowest BCUT2D eigenvalue weighted by atomic mass is 10.0. The zero-order chi connectivity index (χ0) is 14.2. The van der Waals surface area contributed by atoms with Crippen LogP contribution in [0.2, 0.25) is 0 Å². The van der Waals surface area contributed by atoms with Crippen molar-refractivity contribution in [3.8, 4) is 0 Å². The molecule has 0 saturated carbocycles. The van der Waals surface area contributed by atoms with Crippen molar-refractivity contribution in [2.24, 2.45) is 5.92 Å². The number of nitrogens with one attached hydrogen (secondary N) is 1. The van der Waals surface area contributed by atoms with E-state index in [1.54, 1.807) is 0 Å². The van der Waals surface area contributed by atoms with Gasteiger partial charge >= 0.3 is 0 Å². The van der Waals surface area contributed by atoms with Crippen LogP contribution in [0, 0.1) is 12.8 Å². The van der Waals surface area contributed by atoms with Gasteiger partial charge in [-0.05, 0) is 37.4 Å². The number of rotatable bonds is 8. The van der Waals surface area contributed by atoms with E-state index in [1.165, 1.54) is 29.7 Å². The monoisotopic (exact) mass is 293 g/mol. The second kappa shape index (κ2) is 8.71. The van der Waals surface area contributed by atoms with E-state index in [9.17, 15) is 0 Å². The van der Waals surface area contributed by atoms with E-state index in [4.69, 9.17) is 4.74 Å². The number of thioether (sulfide) groups is 1. The van der Waals surface area contributed by atoms with Crippen LogP contribution in [0.4, 0.5) is 0 Å². The first-order chi connectivity index (χ1) is 9.81. The van der Waals surface area contributed by atoms with Crippen LogP contribution in [-0.2, 0) is 10.5 Å². The van der Waals surface area contributed by atoms with Crippen molar-refractivity contribution >= 4 is 11.8 Å². The van der Waals surface area contributed by atoms with Crippen LogP contribution in [0.3, 0.4) is 0 Å². The molecule has 1 saturated heterocycles. The van der Waals surface area contributed by atoms with Gasteiger partial charge in [0.2, 0.25) is 0 Å². The van der Waals surface area contributed by atoms with Gasteiger partial charge in [-0.15, -0.1) is 0 Å². The molecule has 1 heterocycles. The summed E-state index contributed by atoms with van der Waals surface area (Å²) in [6.45, 7) is 7.43. The third-order valence-corrected chi connectivity index (χ3v) is 5.12. The Morgan fingerprint density at radius 1 is 1.40 bits per heavy atom. The molecule has 20 heavy (non-hydrogen) atoms. The van der Waals surface area contributed by atoms with Gasteiger partial charge in [0.1, 0.15) is 0 Å². The zero-order valence-corrected chi connectivity index (χ0v) is 13.5. The van der Waals surface area contributed by atoms with Crippen LogP contribution in [0.25, 0.3) is 0 Å². The summed E-state index contributed by atoms with van der Waals surface area (Å²) in [5.41, 5.74) is 2.87. The van der Waals surface area contributed by atoms with Gasteiger partial charge in [-0.1, -0.05) is 31.2 Å². The fraction of sp³-hybridized carbons (Fsp3) is 0.647. The lowest BCUT2D eigenvalue weighted by Crippen LogP contribution is -2.39. The molecule has 0 amide bonds. The summed E-state index contributed by atoms with van der Waals surface area (Å²) in [6, 6.07) is 9.31. The summed E-state index contributed by atoms with van der Waals surface area (Å²) in [6.07, 6.45) is 2.42. The standard InChI is InChI=1S/C17H27NOS/c1-3-9-18-17(15-8-10-19-11-15)13-20-12-16-7-5-4-6-14(16)2/h4-7,15,17-18H,3,8-13H2,1-2H3. The van der Waals surface area contributed by atoms with Gasteiger partial charge in [-0.3, -0.25) is 0 Å². The molecule has 2 rings (SSSR count). The van der Waals surface area contributed by atoms with E-state index in [-0.39, 0.29) is 0 Å². The summed E-state index contributed by atoms with van der Waals surface area (Å²) in [5, 5.41) is 3.71. The number of ether oxygens (including phenoxy) is 1. The smallest absolute Gasteiger partial charge is 0.0510 e. The fourth-order valence-corrected chi connectivity index (χ4v) is 3.93. The lowest BCUT2D eigenvalue weighted by Gasteiger charge is -2.23. The van der Waals surface area contributed by atoms with E-state index < -0.39 is 0 Å². The fourth-order valence-electron chi connectivity index (χ4n) is 2.63. The third kappa shape index (κ3) is 4.80. The SMILES string of the molecule is CCCNC(CSCc1ccccc1C)C1CCOC1. The molecule has 112 valence electrons. The second-order valence-corrected chi connectivity index (χ2v) is 6.66. The molecule has 0 spiro atoms. The minimum absolute atomic E-state index is 0.603. The van der Waals surface area contributed by atoms with Crippen LogP contribution in [0.15, 0.2) is 24.3 Å². The Balaban J connectivity index is 1.80. The second-order valence-electron chi connectivity index (χ2n) is 5.63. The Morgan fingerprint density at radius 3 is 2.95 bits per heavy atom. The summed E-state index contributed by atoms with van der Waals surface area (Å²) in [7, 11) is 0. The molecule has 0 aliphatic carbocycles. The normalized spacial score (nSPS) is 20.2. The van der Waals surface area contributed by atoms with E-state index in [0.717, 1.165) is 25.5 Å². The van der Waals surface area contributed by atoms with Crippen LogP contribution in [0.1, 0.15) is 30.9 Å². The first kappa shape index (κ1) is 15.9. The summed E-state index contributed by atoms with van der Waals surface area (Å²) in [5.74, 6) is 3.00. The van der Waals surface area contributed by atoms with Gasteiger partial charge in [0.15, 0.2) is 0 Å². The van der Waals surface area contributed by atoms with Gasteiger partial charge in [0, 0.05) is 30.1 Å². The Hall–Kier alpha value is -0.510. The Kier molecular flexibility index (Phi) is 6.91. The number of hydrogen-bond acceptors (Lipinski definition) is 3. The molecule has 1 fully saturated rings. The quantitative estimate of drug-likeness (QED) is 0.791. The molecule has 1 aromatic carbocycles. The molecule has 2 unspecified atom stereocenters. The Morgan fingerprint density at radius 2 is 2.25 bits per heavy atom. The number of benzene rings is 1. The molecular weight excluding hydrogens is 266 g/mol. The van der Waals surface area contributed by atoms with Crippen molar-refractivity contribution in [1.29, 1.82) is 0 Å². The Bertz CT molecular complexity index is 390. The molecular formula is C17H27NOS. The molecule has 1 aliphatic heterocycles. The van der Waals surface area contributed by atoms with Crippen LogP contribution >= 0.6 is 11.8 Å². The number of hydrogen-bond donors (Lipinski definition) is 1. The molecule has 1 N–H and O–H groups in total. The molecule has 0 bridgehead atoms. The van der Waals surface area contributed by atoms with E-state index in [2.05, 4.69) is 43.4 Å². The predicted octanol–water partition coefficient (Wildman–Crippen LogP) is 3.63. The van der Waals surface area contributed by atoms with Crippen LogP contribution in [0.5, 0.6) is 0 Å². The van der Waals surface area contributed by atoms with Crippen molar-refractivity contribution in [2.75, 3.05) is 25.5 Å². The molecule has 3 heteroatoms. The van der Waals surface area contributed by atoms with Gasteiger partial charge in [0.25, 0.3) is 0 Å². The maximum Gasteiger partial charge on any atom is 0.0510 e. The van der Waals surface area contributed by atoms with E-state index in [1.807, 2.05) is 11.8 Å². The predicted molar refractivity (Wildman–Crippen MR) is 88.3 cm³/mol. The molecule has 0 aromatic heterocycles. The van der Waals surface area contributed by atoms with Gasteiger partial charge in [0.05, 0.1) is 6.61 Å². The average molecular weight is 293 g/mol. The highest BCUT2D eigenvalue weighted by Crippen LogP contribution is 2.22. The van der Waals surface area contributed by atoms with Crippen molar-refractivity contribution in [3.63, 3.8) is 0 Å². The molecule has 2 atom stereocenters.